The molecule has 75 heavy (non-hydrogen) atoms. The number of ether oxygens (including phenoxy) is 3. The lowest BCUT2D eigenvalue weighted by Gasteiger charge is -2.18. The number of allylic oxidation sites excluding steroid dienone is 24. The Morgan fingerprint density at radius 3 is 0.813 bits per heavy atom. The van der Waals surface area contributed by atoms with Crippen molar-refractivity contribution in [3.05, 3.63) is 146 Å². The molecule has 0 aromatic heterocycles. The van der Waals surface area contributed by atoms with Crippen LogP contribution >= 0.6 is 0 Å². The highest BCUT2D eigenvalue weighted by Crippen LogP contribution is 2.13. The average Bonchev–Trinajstić information content (AvgIpc) is 3.41. The van der Waals surface area contributed by atoms with Crippen LogP contribution in [0.25, 0.3) is 0 Å². The second kappa shape index (κ2) is 61.8. The predicted octanol–water partition coefficient (Wildman–Crippen LogP) is 20.8. The van der Waals surface area contributed by atoms with Crippen molar-refractivity contribution >= 4 is 17.9 Å². The number of esters is 3. The zero-order valence-corrected chi connectivity index (χ0v) is 48.3. The zero-order chi connectivity index (χ0) is 54.3. The van der Waals surface area contributed by atoms with Gasteiger partial charge in [0.2, 0.25) is 0 Å². The van der Waals surface area contributed by atoms with Crippen LogP contribution in [0.3, 0.4) is 0 Å². The van der Waals surface area contributed by atoms with Gasteiger partial charge in [-0.15, -0.1) is 0 Å². The van der Waals surface area contributed by atoms with Gasteiger partial charge in [-0.05, 0) is 141 Å². The van der Waals surface area contributed by atoms with E-state index in [4.69, 9.17) is 14.2 Å². The summed E-state index contributed by atoms with van der Waals surface area (Å²) < 4.78 is 16.9. The van der Waals surface area contributed by atoms with Crippen molar-refractivity contribution in [1.29, 1.82) is 0 Å². The van der Waals surface area contributed by atoms with E-state index in [9.17, 15) is 14.4 Å². The number of hydrogen-bond acceptors (Lipinski definition) is 6. The van der Waals surface area contributed by atoms with Gasteiger partial charge < -0.3 is 14.2 Å². The van der Waals surface area contributed by atoms with Crippen LogP contribution in [0, 0.1) is 0 Å². The van der Waals surface area contributed by atoms with Crippen LogP contribution in [-0.4, -0.2) is 37.2 Å². The maximum atomic E-state index is 12.9. The molecule has 0 rings (SSSR count). The molecule has 0 amide bonds. The molecule has 6 nitrogen and oxygen atoms in total. The molecule has 6 heteroatoms. The first-order valence-corrected chi connectivity index (χ1v) is 30.3. The fraction of sp³-hybridized carbons (Fsp3) is 0.609. The van der Waals surface area contributed by atoms with Crippen molar-refractivity contribution in [2.45, 2.75) is 258 Å². The highest BCUT2D eigenvalue weighted by molar-refractivity contribution is 5.71. The molecule has 0 saturated carbocycles. The SMILES string of the molecule is CC/C=C\C/C=C\C/C=C\C/C=C\C/C=C\C/C=C\CCCCCCCCC(=O)OCC(COC(=O)CCCCCCC/C=C\C/C=C\CCCCC)OC(=O)CCCCCC/C=C\C/C=C\C/C=C\C/C=C\CC. The van der Waals surface area contributed by atoms with Gasteiger partial charge in [0.05, 0.1) is 0 Å². The van der Waals surface area contributed by atoms with E-state index in [-0.39, 0.29) is 37.5 Å². The van der Waals surface area contributed by atoms with E-state index in [1.54, 1.807) is 0 Å². The second-order valence-corrected chi connectivity index (χ2v) is 19.5. The van der Waals surface area contributed by atoms with Crippen LogP contribution in [0.1, 0.15) is 252 Å². The first kappa shape index (κ1) is 70.3. The fourth-order valence-corrected chi connectivity index (χ4v) is 7.82. The summed E-state index contributed by atoms with van der Waals surface area (Å²) in [6.07, 6.45) is 88.3. The van der Waals surface area contributed by atoms with Gasteiger partial charge in [0.25, 0.3) is 0 Å². The van der Waals surface area contributed by atoms with Crippen LogP contribution in [-0.2, 0) is 28.6 Å². The first-order chi connectivity index (χ1) is 37.0. The number of carbonyl (C=O) groups is 3. The Bertz CT molecular complexity index is 1660. The van der Waals surface area contributed by atoms with Crippen LogP contribution in [0.4, 0.5) is 0 Å². The molecule has 0 N–H and O–H groups in total. The summed E-state index contributed by atoms with van der Waals surface area (Å²) in [4.78, 5) is 38.3. The summed E-state index contributed by atoms with van der Waals surface area (Å²) in [6.45, 7) is 6.34. The number of carbonyl (C=O) groups excluding carboxylic acids is 3. The van der Waals surface area contributed by atoms with E-state index >= 15 is 0 Å². The smallest absolute Gasteiger partial charge is 0.306 e. The van der Waals surface area contributed by atoms with Crippen molar-refractivity contribution in [3.8, 4) is 0 Å². The summed E-state index contributed by atoms with van der Waals surface area (Å²) in [7, 11) is 0. The Morgan fingerprint density at radius 2 is 0.520 bits per heavy atom. The van der Waals surface area contributed by atoms with Gasteiger partial charge in [0.15, 0.2) is 6.10 Å². The molecular weight excluding hydrogens is 925 g/mol. The van der Waals surface area contributed by atoms with Gasteiger partial charge in [0.1, 0.15) is 13.2 Å². The Labute approximate surface area is 461 Å². The summed E-state index contributed by atoms with van der Waals surface area (Å²) >= 11 is 0. The lowest BCUT2D eigenvalue weighted by Crippen LogP contribution is -2.30. The van der Waals surface area contributed by atoms with E-state index in [0.717, 1.165) is 173 Å². The number of rotatable bonds is 53. The average molecular weight is 1040 g/mol. The maximum absolute atomic E-state index is 12.9. The Hall–Kier alpha value is -4.71. The normalized spacial score (nSPS) is 13.2. The van der Waals surface area contributed by atoms with Gasteiger partial charge in [-0.25, -0.2) is 0 Å². The van der Waals surface area contributed by atoms with Gasteiger partial charge in [0, 0.05) is 19.3 Å². The molecular formula is C69H110O6. The second-order valence-electron chi connectivity index (χ2n) is 19.5. The van der Waals surface area contributed by atoms with Crippen LogP contribution in [0.15, 0.2) is 146 Å². The van der Waals surface area contributed by atoms with Crippen LogP contribution < -0.4 is 0 Å². The van der Waals surface area contributed by atoms with Gasteiger partial charge in [-0.1, -0.05) is 237 Å². The van der Waals surface area contributed by atoms with Crippen LogP contribution in [0.2, 0.25) is 0 Å². The highest BCUT2D eigenvalue weighted by atomic mass is 16.6. The summed E-state index contributed by atoms with van der Waals surface area (Å²) in [5.41, 5.74) is 0. The topological polar surface area (TPSA) is 78.9 Å². The minimum Gasteiger partial charge on any atom is -0.462 e. The van der Waals surface area contributed by atoms with Crippen molar-refractivity contribution in [2.24, 2.45) is 0 Å². The molecule has 0 saturated heterocycles. The zero-order valence-electron chi connectivity index (χ0n) is 48.3. The first-order valence-electron chi connectivity index (χ1n) is 30.3. The largest absolute Gasteiger partial charge is 0.462 e. The molecule has 0 fully saturated rings. The lowest BCUT2D eigenvalue weighted by atomic mass is 10.1. The Morgan fingerprint density at radius 1 is 0.280 bits per heavy atom. The van der Waals surface area contributed by atoms with Gasteiger partial charge in [-0.3, -0.25) is 14.4 Å². The molecule has 0 bridgehead atoms. The van der Waals surface area contributed by atoms with Crippen molar-refractivity contribution in [2.75, 3.05) is 13.2 Å². The predicted molar refractivity (Wildman–Crippen MR) is 325 cm³/mol. The third-order valence-corrected chi connectivity index (χ3v) is 12.3. The minimum absolute atomic E-state index is 0.106. The molecule has 0 spiro atoms. The molecule has 1 unspecified atom stereocenters. The van der Waals surface area contributed by atoms with Crippen LogP contribution in [0.5, 0.6) is 0 Å². The van der Waals surface area contributed by atoms with E-state index in [0.29, 0.717) is 12.8 Å². The van der Waals surface area contributed by atoms with E-state index in [1.165, 1.54) is 38.5 Å². The van der Waals surface area contributed by atoms with E-state index in [2.05, 4.69) is 167 Å². The number of hydrogen-bond donors (Lipinski definition) is 0. The molecule has 422 valence electrons. The molecule has 0 aromatic rings. The molecule has 0 aliphatic rings. The van der Waals surface area contributed by atoms with Gasteiger partial charge in [-0.2, -0.15) is 0 Å². The fourth-order valence-electron chi connectivity index (χ4n) is 7.82. The molecule has 0 aliphatic heterocycles. The summed E-state index contributed by atoms with van der Waals surface area (Å²) in [6, 6.07) is 0. The quantitative estimate of drug-likeness (QED) is 0.0261. The Balaban J connectivity index is 4.47. The van der Waals surface area contributed by atoms with E-state index in [1.807, 2.05) is 0 Å². The maximum Gasteiger partial charge on any atom is 0.306 e. The monoisotopic (exact) mass is 1030 g/mol. The Kier molecular flexibility index (Phi) is 58.0. The molecule has 0 radical (unpaired) electrons. The summed E-state index contributed by atoms with van der Waals surface area (Å²) in [5, 5.41) is 0. The lowest BCUT2D eigenvalue weighted by molar-refractivity contribution is -0.167. The third kappa shape index (κ3) is 60.0. The molecule has 0 aliphatic carbocycles. The van der Waals surface area contributed by atoms with Gasteiger partial charge >= 0.3 is 17.9 Å². The molecule has 0 heterocycles. The highest BCUT2D eigenvalue weighted by Gasteiger charge is 2.19. The minimum atomic E-state index is -0.811. The van der Waals surface area contributed by atoms with Crippen molar-refractivity contribution in [3.63, 3.8) is 0 Å². The number of unbranched alkanes of at least 4 members (excludes halogenated alkanes) is 18. The summed E-state index contributed by atoms with van der Waals surface area (Å²) in [5.74, 6) is -0.960. The molecule has 1 atom stereocenters. The third-order valence-electron chi connectivity index (χ3n) is 12.3. The van der Waals surface area contributed by atoms with Crippen molar-refractivity contribution in [1.82, 2.24) is 0 Å². The standard InChI is InChI=1S/C69H110O6/c1-4-7-10-13-16-19-22-25-28-30-31-32-33-34-35-36-37-39-41-44-47-50-53-56-59-62-68(71)74-65-66(64-73-67(70)61-58-55-52-49-46-43-40-27-24-21-18-15-12-9-6-3)75-69(72)63-60-57-54-51-48-45-42-38-29-26-23-20-17-14-11-8-5-2/h7-8,10-11,16-21,25-29,31-32,34-35,37,39-40,42,45,66H,4-6,9,12-15,22-24,30,33,36,38,41,43-44,46-65H2,1-3H3/b10-7-,11-8-,19-16-,20-17-,21-18-,28-25-,29-26-,32-31-,35-34-,39-37-,40-27-,45-42-. The van der Waals surface area contributed by atoms with Crippen molar-refractivity contribution < 1.29 is 28.6 Å². The van der Waals surface area contributed by atoms with E-state index < -0.39 is 6.10 Å². The molecule has 0 aromatic carbocycles.